The summed E-state index contributed by atoms with van der Waals surface area (Å²) in [5.74, 6) is 0. The molecular weight excluding hydrogens is 511 g/mol. The highest BCUT2D eigenvalue weighted by atomic mass is 28.3. The molecule has 0 N–H and O–H groups in total. The van der Waals surface area contributed by atoms with Gasteiger partial charge in [-0.2, -0.15) is 0 Å². The molecule has 0 saturated carbocycles. The van der Waals surface area contributed by atoms with Crippen molar-refractivity contribution in [3.8, 4) is 0 Å². The number of fused-ring (bicyclic) bond motifs is 4. The van der Waals surface area contributed by atoms with Gasteiger partial charge in [0.2, 0.25) is 0 Å². The molecule has 0 saturated heterocycles. The Morgan fingerprint density at radius 3 is 1.34 bits per heavy atom. The molecule has 2 aliphatic heterocycles. The fourth-order valence-electron chi connectivity index (χ4n) is 6.77. The first kappa shape index (κ1) is 25.9. The van der Waals surface area contributed by atoms with Crippen molar-refractivity contribution in [1.29, 1.82) is 0 Å². The fourth-order valence-corrected chi connectivity index (χ4v) is 7.91. The predicted molar refractivity (Wildman–Crippen MR) is 182 cm³/mol. The van der Waals surface area contributed by atoms with Crippen LogP contribution in [0.25, 0.3) is 0 Å². The standard InChI is InChI=1S/C37H37BN2Si/c1-24-10-8-12-28(18-24)39-33-16-14-26(3)20-31(33)38-32-21-27(4)15-17-34(32)40(29-13-9-11-25(2)19-29)36-23-30(41(5,6)7)22-35(39)37(36)38/h8-23H,1-7H3. The average molecular weight is 549 g/mol. The molecule has 4 heteroatoms. The van der Waals surface area contributed by atoms with Gasteiger partial charge >= 0.3 is 0 Å². The Kier molecular flexibility index (Phi) is 5.85. The van der Waals surface area contributed by atoms with Crippen LogP contribution in [0.4, 0.5) is 34.1 Å². The van der Waals surface area contributed by atoms with Crippen molar-refractivity contribution >= 4 is 70.5 Å². The number of nitrogens with zero attached hydrogens (tertiary/aromatic N) is 2. The topological polar surface area (TPSA) is 6.48 Å². The van der Waals surface area contributed by atoms with Crippen LogP contribution in [0.15, 0.2) is 97.1 Å². The number of benzene rings is 5. The summed E-state index contributed by atoms with van der Waals surface area (Å²) in [6, 6.07) is 37.1. The van der Waals surface area contributed by atoms with Gasteiger partial charge in [-0.3, -0.25) is 0 Å². The SMILES string of the molecule is Cc1cccc(N2c3ccc(C)cc3B3c4cc(C)ccc4N(c4cccc(C)c4)c4cc([Si](C)(C)C)cc2c43)c1. The van der Waals surface area contributed by atoms with Crippen molar-refractivity contribution in [3.05, 3.63) is 119 Å². The Balaban J connectivity index is 1.65. The maximum atomic E-state index is 2.54. The largest absolute Gasteiger partial charge is 0.311 e. The number of hydrogen-bond acceptors (Lipinski definition) is 2. The van der Waals surface area contributed by atoms with Crippen LogP contribution in [0.2, 0.25) is 19.6 Å². The van der Waals surface area contributed by atoms with E-state index in [1.807, 2.05) is 0 Å². The van der Waals surface area contributed by atoms with Gasteiger partial charge in [-0.15, -0.1) is 0 Å². The lowest BCUT2D eigenvalue weighted by Gasteiger charge is -2.45. The third-order valence-electron chi connectivity index (χ3n) is 8.76. The van der Waals surface area contributed by atoms with Crippen LogP contribution < -0.4 is 31.4 Å². The van der Waals surface area contributed by atoms with Gasteiger partial charge in [0.05, 0.1) is 8.07 Å². The summed E-state index contributed by atoms with van der Waals surface area (Å²) in [4.78, 5) is 5.08. The molecule has 0 aromatic heterocycles. The highest BCUT2D eigenvalue weighted by Crippen LogP contribution is 2.44. The first-order valence-corrected chi connectivity index (χ1v) is 18.2. The van der Waals surface area contributed by atoms with Gasteiger partial charge in [-0.1, -0.05) is 84.5 Å². The molecular formula is C37H37BN2Si. The van der Waals surface area contributed by atoms with E-state index >= 15 is 0 Å². The molecule has 2 nitrogen and oxygen atoms in total. The zero-order chi connectivity index (χ0) is 28.6. The van der Waals surface area contributed by atoms with Crippen molar-refractivity contribution in [2.24, 2.45) is 0 Å². The van der Waals surface area contributed by atoms with Crippen LogP contribution in [-0.4, -0.2) is 14.8 Å². The molecule has 0 spiro atoms. The maximum Gasteiger partial charge on any atom is 0.252 e. The molecule has 0 bridgehead atoms. The summed E-state index contributed by atoms with van der Waals surface area (Å²) in [5, 5.41) is 1.48. The number of aryl methyl sites for hydroxylation is 4. The van der Waals surface area contributed by atoms with Crippen LogP contribution >= 0.6 is 0 Å². The lowest BCUT2D eigenvalue weighted by molar-refractivity contribution is 1.24. The van der Waals surface area contributed by atoms with Crippen LogP contribution in [0, 0.1) is 27.7 Å². The molecule has 2 heterocycles. The van der Waals surface area contributed by atoms with Crippen molar-refractivity contribution in [1.82, 2.24) is 0 Å². The van der Waals surface area contributed by atoms with Crippen molar-refractivity contribution in [2.45, 2.75) is 47.3 Å². The average Bonchev–Trinajstić information content (AvgIpc) is 2.92. The number of rotatable bonds is 3. The van der Waals surface area contributed by atoms with E-state index in [0.717, 1.165) is 0 Å². The molecule has 0 radical (unpaired) electrons. The van der Waals surface area contributed by atoms with E-state index in [4.69, 9.17) is 0 Å². The molecule has 2 aliphatic rings. The minimum absolute atomic E-state index is 0.169. The van der Waals surface area contributed by atoms with Gasteiger partial charge in [0.25, 0.3) is 6.71 Å². The Morgan fingerprint density at radius 2 is 0.927 bits per heavy atom. The predicted octanol–water partition coefficient (Wildman–Crippen LogP) is 7.55. The van der Waals surface area contributed by atoms with Gasteiger partial charge in [0, 0.05) is 34.1 Å². The van der Waals surface area contributed by atoms with E-state index in [1.165, 1.54) is 78.0 Å². The highest BCUT2D eigenvalue weighted by Gasteiger charge is 2.44. The molecule has 0 atom stereocenters. The molecule has 202 valence electrons. The number of anilines is 6. The molecule has 7 rings (SSSR count). The molecule has 41 heavy (non-hydrogen) atoms. The van der Waals surface area contributed by atoms with E-state index in [9.17, 15) is 0 Å². The lowest BCUT2D eigenvalue weighted by Crippen LogP contribution is -2.62. The van der Waals surface area contributed by atoms with E-state index in [1.54, 1.807) is 0 Å². The Labute approximate surface area is 246 Å². The quantitative estimate of drug-likeness (QED) is 0.211. The first-order chi connectivity index (χ1) is 19.6. The van der Waals surface area contributed by atoms with Crippen molar-refractivity contribution < 1.29 is 0 Å². The van der Waals surface area contributed by atoms with E-state index in [0.29, 0.717) is 0 Å². The van der Waals surface area contributed by atoms with Crippen LogP contribution in [-0.2, 0) is 0 Å². The second kappa shape index (κ2) is 9.25. The molecule has 0 fully saturated rings. The lowest BCUT2D eigenvalue weighted by atomic mass is 9.33. The fraction of sp³-hybridized carbons (Fsp3) is 0.189. The summed E-state index contributed by atoms with van der Waals surface area (Å²) in [6.07, 6.45) is 0. The zero-order valence-corrected chi connectivity index (χ0v) is 26.2. The summed E-state index contributed by atoms with van der Waals surface area (Å²) in [7, 11) is -1.68. The highest BCUT2D eigenvalue weighted by molar-refractivity contribution is 7.00. The van der Waals surface area contributed by atoms with Gasteiger partial charge in [-0.05, 0) is 104 Å². The van der Waals surface area contributed by atoms with E-state index in [2.05, 4.69) is 154 Å². The molecule has 5 aromatic rings. The molecule has 0 unspecified atom stereocenters. The van der Waals surface area contributed by atoms with Crippen LogP contribution in [0.1, 0.15) is 22.3 Å². The first-order valence-electron chi connectivity index (χ1n) is 14.7. The third-order valence-corrected chi connectivity index (χ3v) is 10.8. The normalized spacial score (nSPS) is 13.6. The number of hydrogen-bond donors (Lipinski definition) is 0. The van der Waals surface area contributed by atoms with E-state index < -0.39 is 8.07 Å². The maximum absolute atomic E-state index is 2.54. The monoisotopic (exact) mass is 548 g/mol. The summed E-state index contributed by atoms with van der Waals surface area (Å²) < 4.78 is 0. The van der Waals surface area contributed by atoms with Gasteiger partial charge < -0.3 is 9.80 Å². The summed E-state index contributed by atoms with van der Waals surface area (Å²) >= 11 is 0. The van der Waals surface area contributed by atoms with Gasteiger partial charge in [0.15, 0.2) is 0 Å². The van der Waals surface area contributed by atoms with Gasteiger partial charge in [0.1, 0.15) is 0 Å². The zero-order valence-electron chi connectivity index (χ0n) is 25.2. The van der Waals surface area contributed by atoms with Crippen molar-refractivity contribution in [2.75, 3.05) is 9.80 Å². The van der Waals surface area contributed by atoms with Crippen molar-refractivity contribution in [3.63, 3.8) is 0 Å². The summed E-state index contributed by atoms with van der Waals surface area (Å²) in [6.45, 7) is 16.4. The Hall–Kier alpha value is -4.02. The molecule has 0 aliphatic carbocycles. The summed E-state index contributed by atoms with van der Waals surface area (Å²) in [5.41, 5.74) is 17.0. The molecule has 5 aromatic carbocycles. The second-order valence-corrected chi connectivity index (χ2v) is 18.2. The molecule has 0 amide bonds. The smallest absolute Gasteiger partial charge is 0.252 e. The van der Waals surface area contributed by atoms with Gasteiger partial charge in [-0.25, -0.2) is 0 Å². The Bertz CT molecular complexity index is 1730. The minimum Gasteiger partial charge on any atom is -0.311 e. The second-order valence-electron chi connectivity index (χ2n) is 13.1. The van der Waals surface area contributed by atoms with Crippen LogP contribution in [0.5, 0.6) is 0 Å². The Morgan fingerprint density at radius 1 is 0.488 bits per heavy atom. The third kappa shape index (κ3) is 4.16. The van der Waals surface area contributed by atoms with E-state index in [-0.39, 0.29) is 6.71 Å². The van der Waals surface area contributed by atoms with Crippen LogP contribution in [0.3, 0.4) is 0 Å². The minimum atomic E-state index is -1.68.